The van der Waals surface area contributed by atoms with Crippen molar-refractivity contribution in [3.05, 3.63) is 46.1 Å². The summed E-state index contributed by atoms with van der Waals surface area (Å²) in [5.41, 5.74) is 3.64. The fraction of sp³-hybridized carbons (Fsp3) is 0.333. The van der Waals surface area contributed by atoms with Crippen molar-refractivity contribution in [2.75, 3.05) is 0 Å². The molecule has 2 nitrogen and oxygen atoms in total. The van der Waals surface area contributed by atoms with Crippen LogP contribution in [0.4, 0.5) is 0 Å². The minimum atomic E-state index is 0.491. The first kappa shape index (κ1) is 13.4. The van der Waals surface area contributed by atoms with Crippen LogP contribution in [0.15, 0.2) is 39.4 Å². The smallest absolute Gasteiger partial charge is 0.148 e. The van der Waals surface area contributed by atoms with Gasteiger partial charge in [0.15, 0.2) is 0 Å². The zero-order chi connectivity index (χ0) is 13.1. The second-order valence-corrected chi connectivity index (χ2v) is 5.64. The third-order valence-electron chi connectivity index (χ3n) is 2.88. The van der Waals surface area contributed by atoms with Gasteiger partial charge in [-0.3, -0.25) is 0 Å². The lowest BCUT2D eigenvalue weighted by Gasteiger charge is -2.10. The van der Waals surface area contributed by atoms with E-state index >= 15 is 0 Å². The fourth-order valence-electron chi connectivity index (χ4n) is 1.83. The second-order valence-electron chi connectivity index (χ2n) is 4.78. The van der Waals surface area contributed by atoms with Crippen molar-refractivity contribution in [1.82, 2.24) is 5.32 Å². The summed E-state index contributed by atoms with van der Waals surface area (Å²) < 4.78 is 6.54. The Bertz CT molecular complexity index is 531. The molecule has 1 aromatic carbocycles. The largest absolute Gasteiger partial charge is 0.463 e. The Morgan fingerprint density at radius 2 is 2.06 bits per heavy atom. The van der Waals surface area contributed by atoms with E-state index in [1.807, 2.05) is 6.07 Å². The second kappa shape index (κ2) is 5.72. The maximum Gasteiger partial charge on any atom is 0.148 e. The van der Waals surface area contributed by atoms with Crippen molar-refractivity contribution in [3.8, 4) is 11.3 Å². The normalized spacial score (nSPS) is 11.2. The van der Waals surface area contributed by atoms with E-state index in [0.717, 1.165) is 22.3 Å². The number of nitrogens with one attached hydrogen (secondary N) is 1. The van der Waals surface area contributed by atoms with Gasteiger partial charge < -0.3 is 9.73 Å². The van der Waals surface area contributed by atoms with E-state index in [2.05, 4.69) is 60.2 Å². The molecule has 18 heavy (non-hydrogen) atoms. The number of benzene rings is 1. The van der Waals surface area contributed by atoms with Gasteiger partial charge in [-0.2, -0.15) is 0 Å². The molecule has 1 aromatic heterocycles. The quantitative estimate of drug-likeness (QED) is 0.898. The number of hydrogen-bond acceptors (Lipinski definition) is 2. The number of hydrogen-bond donors (Lipinski definition) is 1. The summed E-state index contributed by atoms with van der Waals surface area (Å²) in [4.78, 5) is 0. The molecule has 0 unspecified atom stereocenters. The van der Waals surface area contributed by atoms with Gasteiger partial charge in [-0.15, -0.1) is 0 Å². The Kier molecular flexibility index (Phi) is 4.25. The van der Waals surface area contributed by atoms with Crippen molar-refractivity contribution in [2.24, 2.45) is 0 Å². The minimum absolute atomic E-state index is 0.491. The Labute approximate surface area is 117 Å². The molecule has 96 valence electrons. The molecular formula is C15H18BrNO. The lowest BCUT2D eigenvalue weighted by molar-refractivity contribution is 0.579. The van der Waals surface area contributed by atoms with E-state index in [-0.39, 0.29) is 0 Å². The summed E-state index contributed by atoms with van der Waals surface area (Å²) in [7, 11) is 0. The average Bonchev–Trinajstić information content (AvgIpc) is 2.74. The van der Waals surface area contributed by atoms with Crippen LogP contribution >= 0.6 is 15.9 Å². The fourth-order valence-corrected chi connectivity index (χ4v) is 2.25. The minimum Gasteiger partial charge on any atom is -0.463 e. The Balaban J connectivity index is 2.30. The summed E-state index contributed by atoms with van der Waals surface area (Å²) in [6, 6.07) is 8.90. The van der Waals surface area contributed by atoms with E-state index in [4.69, 9.17) is 4.42 Å². The molecule has 2 aromatic rings. The molecule has 1 N–H and O–H groups in total. The van der Waals surface area contributed by atoms with Crippen LogP contribution in [0, 0.1) is 6.92 Å². The van der Waals surface area contributed by atoms with Crippen LogP contribution in [-0.2, 0) is 6.54 Å². The first-order valence-corrected chi connectivity index (χ1v) is 6.93. The molecule has 0 amide bonds. The highest BCUT2D eigenvalue weighted by Gasteiger charge is 2.10. The molecular weight excluding hydrogens is 290 g/mol. The number of rotatable bonds is 4. The van der Waals surface area contributed by atoms with Gasteiger partial charge in [-0.25, -0.2) is 0 Å². The van der Waals surface area contributed by atoms with E-state index in [1.54, 1.807) is 6.26 Å². The number of aryl methyl sites for hydroxylation is 1. The monoisotopic (exact) mass is 307 g/mol. The molecule has 0 aliphatic heterocycles. The van der Waals surface area contributed by atoms with Crippen molar-refractivity contribution in [2.45, 2.75) is 33.4 Å². The number of furan rings is 1. The molecule has 0 aliphatic carbocycles. The molecule has 0 atom stereocenters. The maximum absolute atomic E-state index is 5.54. The van der Waals surface area contributed by atoms with E-state index in [1.165, 1.54) is 11.1 Å². The van der Waals surface area contributed by atoms with Crippen LogP contribution in [0.5, 0.6) is 0 Å². The Hall–Kier alpha value is -1.06. The summed E-state index contributed by atoms with van der Waals surface area (Å²) in [5.74, 6) is 0.902. The summed E-state index contributed by atoms with van der Waals surface area (Å²) in [6.07, 6.45) is 1.71. The van der Waals surface area contributed by atoms with Crippen molar-refractivity contribution in [3.63, 3.8) is 0 Å². The molecule has 1 heterocycles. The van der Waals surface area contributed by atoms with Gasteiger partial charge in [-0.1, -0.05) is 26.0 Å². The van der Waals surface area contributed by atoms with E-state index < -0.39 is 0 Å². The van der Waals surface area contributed by atoms with Crippen LogP contribution < -0.4 is 5.32 Å². The molecule has 0 saturated carbocycles. The standard InChI is InChI=1S/C15H18BrNO/c1-10(2)17-9-12-5-4-11(3)13(8-12)15-14(16)6-7-18-15/h4-8,10,17H,9H2,1-3H3. The zero-order valence-corrected chi connectivity index (χ0v) is 12.5. The van der Waals surface area contributed by atoms with Gasteiger partial charge in [0, 0.05) is 18.2 Å². The first-order chi connectivity index (χ1) is 8.58. The van der Waals surface area contributed by atoms with Gasteiger partial charge in [0.25, 0.3) is 0 Å². The van der Waals surface area contributed by atoms with Crippen molar-refractivity contribution < 1.29 is 4.42 Å². The molecule has 0 bridgehead atoms. The van der Waals surface area contributed by atoms with Crippen LogP contribution in [0.1, 0.15) is 25.0 Å². The average molecular weight is 308 g/mol. The highest BCUT2D eigenvalue weighted by molar-refractivity contribution is 9.10. The van der Waals surface area contributed by atoms with Gasteiger partial charge in [0.05, 0.1) is 10.7 Å². The molecule has 0 saturated heterocycles. The Morgan fingerprint density at radius 3 is 2.67 bits per heavy atom. The molecule has 3 heteroatoms. The SMILES string of the molecule is Cc1ccc(CNC(C)C)cc1-c1occc1Br. The van der Waals surface area contributed by atoms with Gasteiger partial charge in [-0.05, 0) is 46.1 Å². The highest BCUT2D eigenvalue weighted by atomic mass is 79.9. The number of halogens is 1. The highest BCUT2D eigenvalue weighted by Crippen LogP contribution is 2.32. The zero-order valence-electron chi connectivity index (χ0n) is 11.0. The van der Waals surface area contributed by atoms with Gasteiger partial charge in [0.2, 0.25) is 0 Å². The van der Waals surface area contributed by atoms with Crippen LogP contribution in [0.25, 0.3) is 11.3 Å². The van der Waals surface area contributed by atoms with Crippen LogP contribution in [0.2, 0.25) is 0 Å². The van der Waals surface area contributed by atoms with Crippen LogP contribution in [0.3, 0.4) is 0 Å². The molecule has 0 spiro atoms. The lowest BCUT2D eigenvalue weighted by Crippen LogP contribution is -2.21. The van der Waals surface area contributed by atoms with Crippen molar-refractivity contribution >= 4 is 15.9 Å². The van der Waals surface area contributed by atoms with Gasteiger partial charge in [0.1, 0.15) is 5.76 Å². The summed E-state index contributed by atoms with van der Waals surface area (Å²) >= 11 is 3.51. The molecule has 0 aliphatic rings. The van der Waals surface area contributed by atoms with Crippen LogP contribution in [-0.4, -0.2) is 6.04 Å². The maximum atomic E-state index is 5.54. The van der Waals surface area contributed by atoms with E-state index in [0.29, 0.717) is 6.04 Å². The predicted octanol–water partition coefficient (Wildman–Crippen LogP) is 4.52. The molecule has 0 fully saturated rings. The third kappa shape index (κ3) is 3.03. The van der Waals surface area contributed by atoms with Crippen molar-refractivity contribution in [1.29, 1.82) is 0 Å². The predicted molar refractivity (Wildman–Crippen MR) is 78.6 cm³/mol. The topological polar surface area (TPSA) is 25.2 Å². The van der Waals surface area contributed by atoms with Gasteiger partial charge >= 0.3 is 0 Å². The first-order valence-electron chi connectivity index (χ1n) is 6.14. The van der Waals surface area contributed by atoms with E-state index in [9.17, 15) is 0 Å². The summed E-state index contributed by atoms with van der Waals surface area (Å²) in [6.45, 7) is 7.28. The molecule has 2 rings (SSSR count). The Morgan fingerprint density at radius 1 is 1.28 bits per heavy atom. The summed E-state index contributed by atoms with van der Waals surface area (Å²) in [5, 5.41) is 3.43. The molecule has 0 radical (unpaired) electrons. The lowest BCUT2D eigenvalue weighted by atomic mass is 10.0. The third-order valence-corrected chi connectivity index (χ3v) is 3.50.